The number of hydrogen-bond donors (Lipinski definition) is 1. The predicted octanol–water partition coefficient (Wildman–Crippen LogP) is 0.444. The molecule has 0 spiro atoms. The van der Waals surface area contributed by atoms with Crippen LogP contribution >= 0.6 is 0 Å². The Kier molecular flexibility index (Phi) is 5.49. The van der Waals surface area contributed by atoms with Crippen LogP contribution in [0.4, 0.5) is 0 Å². The van der Waals surface area contributed by atoms with E-state index in [0.29, 0.717) is 13.1 Å². The summed E-state index contributed by atoms with van der Waals surface area (Å²) >= 11 is 0. The Morgan fingerprint density at radius 1 is 1.50 bits per heavy atom. The zero-order chi connectivity index (χ0) is 12.0. The van der Waals surface area contributed by atoms with Crippen LogP contribution in [0.3, 0.4) is 0 Å². The van der Waals surface area contributed by atoms with Gasteiger partial charge in [-0.25, -0.2) is 0 Å². The van der Waals surface area contributed by atoms with Crippen LogP contribution in [0, 0.1) is 0 Å². The predicted molar refractivity (Wildman–Crippen MR) is 66.1 cm³/mol. The van der Waals surface area contributed by atoms with Gasteiger partial charge in [-0.05, 0) is 20.3 Å². The van der Waals surface area contributed by atoms with Crippen molar-refractivity contribution in [3.05, 3.63) is 12.2 Å². The average molecular weight is 225 g/mol. The van der Waals surface area contributed by atoms with Crippen LogP contribution in [0.15, 0.2) is 12.2 Å². The van der Waals surface area contributed by atoms with Gasteiger partial charge in [0, 0.05) is 32.2 Å². The van der Waals surface area contributed by atoms with Crippen molar-refractivity contribution in [3.63, 3.8) is 0 Å². The van der Waals surface area contributed by atoms with Crippen molar-refractivity contribution in [3.8, 4) is 0 Å². The van der Waals surface area contributed by atoms with Crippen molar-refractivity contribution < 1.29 is 4.79 Å². The molecule has 16 heavy (non-hydrogen) atoms. The quantitative estimate of drug-likeness (QED) is 0.691. The second-order valence-corrected chi connectivity index (χ2v) is 4.06. The maximum absolute atomic E-state index is 12.0. The maximum atomic E-state index is 12.0. The number of amides is 1. The molecule has 4 nitrogen and oxygen atoms in total. The molecule has 1 amide bonds. The van der Waals surface area contributed by atoms with Crippen LogP contribution in [0.1, 0.15) is 20.3 Å². The molecular formula is C12H23N3O. The number of likely N-dealkylation sites (N-methyl/N-ethyl adjacent to an activating group) is 1. The number of hydrogen-bond acceptors (Lipinski definition) is 3. The third-order valence-electron chi connectivity index (χ3n) is 3.11. The van der Waals surface area contributed by atoms with Gasteiger partial charge in [-0.2, -0.15) is 0 Å². The molecule has 92 valence electrons. The molecule has 1 aliphatic heterocycles. The molecule has 1 heterocycles. The van der Waals surface area contributed by atoms with E-state index < -0.39 is 0 Å². The Hall–Kier alpha value is -0.870. The molecule has 1 unspecified atom stereocenters. The molecule has 0 aromatic carbocycles. The Bertz CT molecular complexity index is 249. The molecule has 0 saturated heterocycles. The van der Waals surface area contributed by atoms with Gasteiger partial charge in [-0.15, -0.1) is 0 Å². The van der Waals surface area contributed by atoms with Crippen molar-refractivity contribution >= 4 is 5.91 Å². The van der Waals surface area contributed by atoms with Crippen LogP contribution in [0.5, 0.6) is 0 Å². The van der Waals surface area contributed by atoms with Gasteiger partial charge >= 0.3 is 0 Å². The Balaban J connectivity index is 2.52. The van der Waals surface area contributed by atoms with E-state index in [0.717, 1.165) is 26.1 Å². The molecule has 0 aromatic rings. The van der Waals surface area contributed by atoms with Crippen molar-refractivity contribution in [2.45, 2.75) is 26.3 Å². The molecule has 0 saturated carbocycles. The van der Waals surface area contributed by atoms with E-state index in [2.05, 4.69) is 17.1 Å². The van der Waals surface area contributed by atoms with E-state index in [9.17, 15) is 4.79 Å². The molecule has 0 aliphatic carbocycles. The minimum Gasteiger partial charge on any atom is -0.342 e. The lowest BCUT2D eigenvalue weighted by Crippen LogP contribution is -2.47. The van der Waals surface area contributed by atoms with Gasteiger partial charge in [0.2, 0.25) is 5.91 Å². The van der Waals surface area contributed by atoms with Crippen LogP contribution in [0.2, 0.25) is 0 Å². The average Bonchev–Trinajstić information content (AvgIpc) is 2.31. The Labute approximate surface area is 98.1 Å². The van der Waals surface area contributed by atoms with E-state index >= 15 is 0 Å². The Morgan fingerprint density at radius 2 is 2.19 bits per heavy atom. The molecule has 0 fully saturated rings. The van der Waals surface area contributed by atoms with Crippen LogP contribution in [0.25, 0.3) is 0 Å². The van der Waals surface area contributed by atoms with Gasteiger partial charge in [0.1, 0.15) is 0 Å². The Morgan fingerprint density at radius 3 is 2.75 bits per heavy atom. The number of rotatable bonds is 5. The van der Waals surface area contributed by atoms with E-state index in [1.807, 2.05) is 18.7 Å². The summed E-state index contributed by atoms with van der Waals surface area (Å²) in [6, 6.07) is 0.230. The summed E-state index contributed by atoms with van der Waals surface area (Å²) in [5.41, 5.74) is 5.69. The van der Waals surface area contributed by atoms with E-state index in [-0.39, 0.29) is 11.9 Å². The number of carbonyl (C=O) groups excluding carboxylic acids is 1. The van der Waals surface area contributed by atoms with Gasteiger partial charge in [0.15, 0.2) is 0 Å². The van der Waals surface area contributed by atoms with Crippen LogP contribution in [-0.4, -0.2) is 54.5 Å². The highest BCUT2D eigenvalue weighted by molar-refractivity contribution is 5.78. The molecule has 0 bridgehead atoms. The summed E-state index contributed by atoms with van der Waals surface area (Å²) in [5, 5.41) is 0. The zero-order valence-corrected chi connectivity index (χ0v) is 10.4. The van der Waals surface area contributed by atoms with Gasteiger partial charge < -0.3 is 10.6 Å². The second kappa shape index (κ2) is 6.66. The molecule has 2 N–H and O–H groups in total. The largest absolute Gasteiger partial charge is 0.342 e. The fourth-order valence-electron chi connectivity index (χ4n) is 2.06. The van der Waals surface area contributed by atoms with E-state index in [1.54, 1.807) is 0 Å². The van der Waals surface area contributed by atoms with E-state index in [1.165, 1.54) is 0 Å². The minimum atomic E-state index is 0.207. The second-order valence-electron chi connectivity index (χ2n) is 4.06. The molecule has 0 radical (unpaired) electrons. The highest BCUT2D eigenvalue weighted by atomic mass is 16.2. The molecule has 1 atom stereocenters. The fraction of sp³-hybridized carbons (Fsp3) is 0.750. The first-order chi connectivity index (χ1) is 7.72. The fourth-order valence-corrected chi connectivity index (χ4v) is 2.06. The lowest BCUT2D eigenvalue weighted by molar-refractivity contribution is -0.132. The normalized spacial score (nSPS) is 21.1. The maximum Gasteiger partial charge on any atom is 0.236 e. The highest BCUT2D eigenvalue weighted by Crippen LogP contribution is 2.09. The molecule has 1 aliphatic rings. The van der Waals surface area contributed by atoms with Crippen LogP contribution < -0.4 is 5.73 Å². The summed E-state index contributed by atoms with van der Waals surface area (Å²) in [6.45, 7) is 7.61. The lowest BCUT2D eigenvalue weighted by atomic mass is 10.1. The van der Waals surface area contributed by atoms with Crippen molar-refractivity contribution in [2.75, 3.05) is 32.7 Å². The first-order valence-corrected chi connectivity index (χ1v) is 6.11. The minimum absolute atomic E-state index is 0.207. The van der Waals surface area contributed by atoms with E-state index in [4.69, 9.17) is 5.73 Å². The summed E-state index contributed by atoms with van der Waals surface area (Å²) in [5.74, 6) is 0.207. The summed E-state index contributed by atoms with van der Waals surface area (Å²) in [4.78, 5) is 16.0. The van der Waals surface area contributed by atoms with Crippen LogP contribution in [-0.2, 0) is 4.79 Å². The van der Waals surface area contributed by atoms with Gasteiger partial charge in [-0.1, -0.05) is 12.2 Å². The first kappa shape index (κ1) is 13.2. The SMILES string of the molecule is CCN(CC)C(=O)CN1CCC=CC1CN. The number of nitrogens with two attached hydrogens (primary N) is 1. The highest BCUT2D eigenvalue weighted by Gasteiger charge is 2.21. The number of carbonyl (C=O) groups is 1. The van der Waals surface area contributed by atoms with Crippen molar-refractivity contribution in [1.29, 1.82) is 0 Å². The van der Waals surface area contributed by atoms with Gasteiger partial charge in [-0.3, -0.25) is 9.69 Å². The van der Waals surface area contributed by atoms with Crippen molar-refractivity contribution in [2.24, 2.45) is 5.73 Å². The first-order valence-electron chi connectivity index (χ1n) is 6.11. The standard InChI is InChI=1S/C12H23N3O/c1-3-14(4-2)12(16)10-15-8-6-5-7-11(15)9-13/h5,7,11H,3-4,6,8-10,13H2,1-2H3. The molecule has 4 heteroatoms. The topological polar surface area (TPSA) is 49.6 Å². The lowest BCUT2D eigenvalue weighted by Gasteiger charge is -2.32. The van der Waals surface area contributed by atoms with Crippen molar-refractivity contribution in [1.82, 2.24) is 9.80 Å². The molecule has 1 rings (SSSR count). The summed E-state index contributed by atoms with van der Waals surface area (Å²) in [7, 11) is 0. The number of nitrogens with zero attached hydrogens (tertiary/aromatic N) is 2. The summed E-state index contributed by atoms with van der Waals surface area (Å²) in [6.07, 6.45) is 5.27. The third-order valence-corrected chi connectivity index (χ3v) is 3.11. The monoisotopic (exact) mass is 225 g/mol. The summed E-state index contributed by atoms with van der Waals surface area (Å²) < 4.78 is 0. The molecular weight excluding hydrogens is 202 g/mol. The third kappa shape index (κ3) is 3.32. The van der Waals surface area contributed by atoms with Gasteiger partial charge in [0.05, 0.1) is 6.54 Å². The molecule has 0 aromatic heterocycles. The van der Waals surface area contributed by atoms with Gasteiger partial charge in [0.25, 0.3) is 0 Å². The smallest absolute Gasteiger partial charge is 0.236 e. The zero-order valence-electron chi connectivity index (χ0n) is 10.4.